The van der Waals surface area contributed by atoms with Gasteiger partial charge in [0.25, 0.3) is 5.09 Å². The topological polar surface area (TPSA) is 252 Å². The zero-order valence-corrected chi connectivity index (χ0v) is 5.71. The minimum Gasteiger partial charge on any atom is -1.00 e. The zero-order valence-electron chi connectivity index (χ0n) is 6.71. The number of hydrogen-bond acceptors (Lipinski definition) is 2. The van der Waals surface area contributed by atoms with E-state index in [1.165, 1.54) is 0 Å². The van der Waals surface area contributed by atoms with Gasteiger partial charge in [0.2, 0.25) is 0 Å². The van der Waals surface area contributed by atoms with E-state index in [-0.39, 0.29) is 53.1 Å². The van der Waals surface area contributed by atoms with Crippen molar-refractivity contribution in [3.63, 3.8) is 0 Å². The van der Waals surface area contributed by atoms with E-state index < -0.39 is 5.09 Å². The summed E-state index contributed by atoms with van der Waals surface area (Å²) in [6, 6.07) is 0. The van der Waals surface area contributed by atoms with Crippen LogP contribution in [0.25, 0.3) is 0 Å². The smallest absolute Gasteiger partial charge is 1.00 e. The van der Waals surface area contributed by atoms with E-state index in [1.54, 1.807) is 0 Å². The van der Waals surface area contributed by atoms with Crippen molar-refractivity contribution < 1.29 is 63.4 Å². The van der Waals surface area contributed by atoms with Gasteiger partial charge in [-0.05, 0) is 0 Å². The van der Waals surface area contributed by atoms with Gasteiger partial charge in [-0.15, -0.1) is 10.1 Å². The maximum absolute atomic E-state index is 8.36. The zero-order chi connectivity index (χ0) is 3.58. The summed E-state index contributed by atoms with van der Waals surface area (Å²) < 4.78 is 0. The van der Waals surface area contributed by atoms with Crippen molar-refractivity contribution in [3.05, 3.63) is 10.1 Å². The van der Waals surface area contributed by atoms with Crippen LogP contribution in [0.4, 0.5) is 0 Å². The van der Waals surface area contributed by atoms with E-state index in [1.807, 2.05) is 0 Å². The molecule has 0 aromatic rings. The van der Waals surface area contributed by atoms with E-state index in [9.17, 15) is 0 Å². The minimum atomic E-state index is -1.50. The summed E-state index contributed by atoms with van der Waals surface area (Å²) in [7, 11) is 0. The van der Waals surface area contributed by atoms with Gasteiger partial charge in [0.15, 0.2) is 0 Å². The maximum atomic E-state index is 8.36. The molecule has 74 valence electrons. The molecule has 13 N–H and O–H groups in total. The van der Waals surface area contributed by atoms with Crippen LogP contribution in [0.3, 0.4) is 0 Å². The Kier molecular flexibility index (Phi) is 1430. The van der Waals surface area contributed by atoms with Crippen molar-refractivity contribution in [3.8, 4) is 0 Å². The van der Waals surface area contributed by atoms with E-state index in [0.29, 0.717) is 0 Å². The first-order chi connectivity index (χ1) is 1.73. The van der Waals surface area contributed by atoms with Crippen LogP contribution in [0.2, 0.25) is 0 Å². The fourth-order valence-corrected chi connectivity index (χ4v) is 0. The van der Waals surface area contributed by atoms with E-state index in [2.05, 4.69) is 0 Å². The molecule has 0 atom stereocenters. The van der Waals surface area contributed by atoms with Gasteiger partial charge >= 0.3 is 18.9 Å². The predicted octanol–water partition coefficient (Wildman–Crippen LogP) is -8.18. The third-order valence-electron chi connectivity index (χ3n) is 0. The molecule has 0 aliphatic carbocycles. The van der Waals surface area contributed by atoms with Gasteiger partial charge in [-0.25, -0.2) is 0 Å². The maximum Gasteiger partial charge on any atom is 1.00 e. The molecule has 11 heavy (non-hydrogen) atoms. The van der Waals surface area contributed by atoms with Crippen LogP contribution in [0.5, 0.6) is 0 Å². The van der Waals surface area contributed by atoms with E-state index >= 15 is 0 Å². The number of nitrogens with zero attached hydrogens (tertiary/aromatic N) is 1. The Bertz CT molecular complexity index is 37.5. The Labute approximate surface area is 74.4 Å². The first kappa shape index (κ1) is 147. The molecule has 0 heterocycles. The standard InChI is InChI=1S/Li.HNO3.6H2O.H/c;2-1(3)4;;;;;;;/h;(H,2,3,4);6*1H2;/q+1;;;;;;;;-1. The van der Waals surface area contributed by atoms with Gasteiger partial charge in [0.1, 0.15) is 0 Å². The van der Waals surface area contributed by atoms with E-state index in [4.69, 9.17) is 15.3 Å². The molecule has 11 heteroatoms. The second kappa shape index (κ2) is 107. The molecule has 0 amide bonds. The summed E-state index contributed by atoms with van der Waals surface area (Å²) in [5.41, 5.74) is 0. The van der Waals surface area contributed by atoms with Crippen LogP contribution in [0, 0.1) is 10.1 Å². The fraction of sp³-hybridized carbons (Fsp3) is 0. The molecule has 10 nitrogen and oxygen atoms in total. The molecular weight excluding hydrogens is 165 g/mol. The Hall–Kier alpha value is -0.443. The molecule has 0 saturated heterocycles. The molecule has 0 aliphatic heterocycles. The van der Waals surface area contributed by atoms with Crippen molar-refractivity contribution in [1.82, 2.24) is 0 Å². The normalized spacial score (nSPS) is 2.18. The molecule has 0 saturated carbocycles. The van der Waals surface area contributed by atoms with Crippen LogP contribution >= 0.6 is 0 Å². The average molecular weight is 179 g/mol. The molecule has 0 aromatic heterocycles. The Morgan fingerprint density at radius 3 is 1.00 bits per heavy atom. The minimum absolute atomic E-state index is 0. The average Bonchev–Trinajstić information content (AvgIpc) is 0.811. The Morgan fingerprint density at radius 1 is 1.00 bits per heavy atom. The Balaban J connectivity index is -0.00000000161. The monoisotopic (exact) mass is 179 g/mol. The molecule has 0 fully saturated rings. The third kappa shape index (κ3) is 2790. The quantitative estimate of drug-likeness (QED) is 0.216. The van der Waals surface area contributed by atoms with Gasteiger partial charge in [-0.1, -0.05) is 0 Å². The van der Waals surface area contributed by atoms with Crippen molar-refractivity contribution in [2.75, 3.05) is 0 Å². The molecule has 0 aromatic carbocycles. The summed E-state index contributed by atoms with van der Waals surface area (Å²) in [6.45, 7) is 0. The number of hydrogen-bond donors (Lipinski definition) is 1. The van der Waals surface area contributed by atoms with Crippen molar-refractivity contribution >= 4 is 0 Å². The van der Waals surface area contributed by atoms with Crippen molar-refractivity contribution in [2.45, 2.75) is 0 Å². The van der Waals surface area contributed by atoms with Crippen molar-refractivity contribution in [2.24, 2.45) is 0 Å². The van der Waals surface area contributed by atoms with Crippen LogP contribution in [0.1, 0.15) is 1.43 Å². The molecule has 0 bridgehead atoms. The molecule has 0 rings (SSSR count). The number of rotatable bonds is 0. The first-order valence-electron chi connectivity index (χ1n) is 0.565. The first-order valence-corrected chi connectivity index (χ1v) is 0.565. The third-order valence-corrected chi connectivity index (χ3v) is 0. The summed E-state index contributed by atoms with van der Waals surface area (Å²) in [5.74, 6) is 0. The summed E-state index contributed by atoms with van der Waals surface area (Å²) in [4.78, 5) is 8.36. The predicted molar refractivity (Wildman–Crippen MR) is 31.6 cm³/mol. The van der Waals surface area contributed by atoms with Crippen LogP contribution in [0.15, 0.2) is 0 Å². The summed E-state index contributed by atoms with van der Waals surface area (Å²) in [5, 5.41) is 13.6. The van der Waals surface area contributed by atoms with Gasteiger partial charge < -0.3 is 39.5 Å². The summed E-state index contributed by atoms with van der Waals surface area (Å²) in [6.07, 6.45) is 0. The van der Waals surface area contributed by atoms with Crippen molar-refractivity contribution in [1.29, 1.82) is 0 Å². The Morgan fingerprint density at radius 2 is 1.00 bits per heavy atom. The molecule has 0 aliphatic rings. The van der Waals surface area contributed by atoms with Crippen LogP contribution in [-0.4, -0.2) is 43.2 Å². The van der Waals surface area contributed by atoms with Crippen LogP contribution in [-0.2, 0) is 0 Å². The molecule has 0 spiro atoms. The van der Waals surface area contributed by atoms with Gasteiger partial charge in [0, 0.05) is 0 Å². The van der Waals surface area contributed by atoms with Gasteiger partial charge in [0.05, 0.1) is 0 Å². The molecular formula is H14LiNO9. The van der Waals surface area contributed by atoms with Gasteiger partial charge in [-0.2, -0.15) is 0 Å². The largest absolute Gasteiger partial charge is 1.00 e. The molecule has 0 unspecified atom stereocenters. The molecule has 0 radical (unpaired) electrons. The summed E-state index contributed by atoms with van der Waals surface area (Å²) >= 11 is 0. The van der Waals surface area contributed by atoms with E-state index in [0.717, 1.165) is 0 Å². The second-order valence-electron chi connectivity index (χ2n) is 0.238. The fourth-order valence-electron chi connectivity index (χ4n) is 0. The SMILES string of the molecule is O.O.O.O.O.O.O=[N+]([O-])O.[H-].[Li+]. The second-order valence-corrected chi connectivity index (χ2v) is 0.238. The van der Waals surface area contributed by atoms with Crippen LogP contribution < -0.4 is 18.9 Å². The van der Waals surface area contributed by atoms with Gasteiger partial charge in [-0.3, -0.25) is 0 Å².